The van der Waals surface area contributed by atoms with Crippen LogP contribution in [0.1, 0.15) is 38.7 Å². The summed E-state index contributed by atoms with van der Waals surface area (Å²) in [6.07, 6.45) is 2.23. The topological polar surface area (TPSA) is 32.7 Å². The molecule has 2 aliphatic rings. The summed E-state index contributed by atoms with van der Waals surface area (Å²) in [5.74, 6) is 0.284. The van der Waals surface area contributed by atoms with Crippen LogP contribution in [0.25, 0.3) is 0 Å². The Morgan fingerprint density at radius 1 is 1.15 bits per heavy atom. The molecular formula is C17H20N2O. The highest BCUT2D eigenvalue weighted by Crippen LogP contribution is 2.40. The maximum atomic E-state index is 12.4. The molecule has 0 amide bonds. The van der Waals surface area contributed by atoms with Crippen LogP contribution < -0.4 is 0 Å². The Labute approximate surface area is 120 Å². The Bertz CT molecular complexity index is 611. The van der Waals surface area contributed by atoms with Crippen LogP contribution in [0.3, 0.4) is 0 Å². The summed E-state index contributed by atoms with van der Waals surface area (Å²) in [6, 6.07) is 10.1. The second kappa shape index (κ2) is 4.58. The molecule has 0 unspecified atom stereocenters. The minimum atomic E-state index is 0.0456. The number of ketones is 1. The first-order chi connectivity index (χ1) is 9.46. The van der Waals surface area contributed by atoms with Gasteiger partial charge in [0.2, 0.25) is 0 Å². The van der Waals surface area contributed by atoms with E-state index in [0.29, 0.717) is 12.8 Å². The van der Waals surface area contributed by atoms with Crippen molar-refractivity contribution in [3.63, 3.8) is 0 Å². The largest absolute Gasteiger partial charge is 0.294 e. The van der Waals surface area contributed by atoms with Gasteiger partial charge in [0.1, 0.15) is 0 Å². The molecule has 1 heterocycles. The highest BCUT2D eigenvalue weighted by atomic mass is 16.1. The summed E-state index contributed by atoms with van der Waals surface area (Å²) < 4.78 is 0. The minimum absolute atomic E-state index is 0.0456. The standard InChI is InChI=1S/C17H20N2O/c1-17(2)10-15-13(16(20)11-17)9-14(18-19(15)3)12-7-5-4-6-8-12/h4-8H,9-11H2,1-3H3. The van der Waals surface area contributed by atoms with Gasteiger partial charge in [-0.2, -0.15) is 5.10 Å². The number of carbonyl (C=O) groups is 1. The highest BCUT2D eigenvalue weighted by molar-refractivity contribution is 6.09. The van der Waals surface area contributed by atoms with Crippen molar-refractivity contribution in [2.45, 2.75) is 33.1 Å². The van der Waals surface area contributed by atoms with E-state index in [1.54, 1.807) is 0 Å². The van der Waals surface area contributed by atoms with Crippen molar-refractivity contribution < 1.29 is 4.79 Å². The van der Waals surface area contributed by atoms with Crippen LogP contribution >= 0.6 is 0 Å². The van der Waals surface area contributed by atoms with Crippen LogP contribution in [0.2, 0.25) is 0 Å². The van der Waals surface area contributed by atoms with Gasteiger partial charge in [-0.05, 0) is 17.4 Å². The lowest BCUT2D eigenvalue weighted by Crippen LogP contribution is -2.34. The van der Waals surface area contributed by atoms with Crippen molar-refractivity contribution in [2.24, 2.45) is 10.5 Å². The lowest BCUT2D eigenvalue weighted by Gasteiger charge is -2.37. The molecule has 1 aliphatic carbocycles. The average Bonchev–Trinajstić information content (AvgIpc) is 2.40. The van der Waals surface area contributed by atoms with Gasteiger partial charge < -0.3 is 0 Å². The first kappa shape index (κ1) is 13.1. The predicted molar refractivity (Wildman–Crippen MR) is 80.4 cm³/mol. The molecule has 0 radical (unpaired) electrons. The molecule has 0 atom stereocenters. The van der Waals surface area contributed by atoms with E-state index in [2.05, 4.69) is 31.1 Å². The van der Waals surface area contributed by atoms with Gasteiger partial charge >= 0.3 is 0 Å². The lowest BCUT2D eigenvalue weighted by molar-refractivity contribution is -0.118. The number of nitrogens with zero attached hydrogens (tertiary/aromatic N) is 2. The third-order valence-electron chi connectivity index (χ3n) is 4.08. The Morgan fingerprint density at radius 3 is 2.55 bits per heavy atom. The smallest absolute Gasteiger partial charge is 0.161 e. The molecular weight excluding hydrogens is 248 g/mol. The number of rotatable bonds is 1. The van der Waals surface area contributed by atoms with Crippen LogP contribution in [-0.2, 0) is 4.79 Å². The monoisotopic (exact) mass is 268 g/mol. The number of allylic oxidation sites excluding steroid dienone is 2. The van der Waals surface area contributed by atoms with E-state index >= 15 is 0 Å². The third-order valence-corrected chi connectivity index (χ3v) is 4.08. The molecule has 0 saturated heterocycles. The molecule has 3 heteroatoms. The van der Waals surface area contributed by atoms with Gasteiger partial charge in [0.15, 0.2) is 5.78 Å². The van der Waals surface area contributed by atoms with Gasteiger partial charge in [0.25, 0.3) is 0 Å². The van der Waals surface area contributed by atoms with Gasteiger partial charge in [-0.3, -0.25) is 9.80 Å². The van der Waals surface area contributed by atoms with Crippen LogP contribution in [0.15, 0.2) is 46.7 Å². The SMILES string of the molecule is CN1N=C(c2ccccc2)CC2=C1CC(C)(C)CC2=O. The summed E-state index contributed by atoms with van der Waals surface area (Å²) in [5, 5.41) is 6.58. The number of carbonyl (C=O) groups excluding carboxylic acids is 1. The van der Waals surface area contributed by atoms with E-state index in [9.17, 15) is 4.79 Å². The average molecular weight is 268 g/mol. The normalized spacial score (nSPS) is 21.6. The Balaban J connectivity index is 1.96. The number of hydrogen-bond donors (Lipinski definition) is 0. The molecule has 0 aromatic heterocycles. The van der Waals surface area contributed by atoms with E-state index in [1.165, 1.54) is 0 Å². The lowest BCUT2D eigenvalue weighted by atomic mass is 9.74. The zero-order valence-electron chi connectivity index (χ0n) is 12.3. The highest BCUT2D eigenvalue weighted by Gasteiger charge is 2.36. The predicted octanol–water partition coefficient (Wildman–Crippen LogP) is 3.37. The molecule has 0 saturated carbocycles. The summed E-state index contributed by atoms with van der Waals surface area (Å²) in [5.41, 5.74) is 4.19. The summed E-state index contributed by atoms with van der Waals surface area (Å²) in [6.45, 7) is 4.30. The maximum Gasteiger partial charge on any atom is 0.161 e. The molecule has 0 N–H and O–H groups in total. The molecule has 20 heavy (non-hydrogen) atoms. The molecule has 3 nitrogen and oxygen atoms in total. The van der Waals surface area contributed by atoms with Crippen LogP contribution in [0.4, 0.5) is 0 Å². The number of benzene rings is 1. The number of Topliss-reactive ketones (excluding diaryl/α,β-unsaturated/α-hetero) is 1. The van der Waals surface area contributed by atoms with Gasteiger partial charge in [0.05, 0.1) is 5.71 Å². The van der Waals surface area contributed by atoms with Crippen molar-refractivity contribution >= 4 is 11.5 Å². The van der Waals surface area contributed by atoms with Gasteiger partial charge in [-0.1, -0.05) is 44.2 Å². The van der Waals surface area contributed by atoms with E-state index < -0.39 is 0 Å². The number of hydrazone groups is 1. The molecule has 1 aromatic carbocycles. The summed E-state index contributed by atoms with van der Waals surface area (Å²) in [4.78, 5) is 12.4. The van der Waals surface area contributed by atoms with Crippen molar-refractivity contribution in [3.05, 3.63) is 47.2 Å². The fraction of sp³-hybridized carbons (Fsp3) is 0.412. The van der Waals surface area contributed by atoms with Crippen LogP contribution in [0.5, 0.6) is 0 Å². The quantitative estimate of drug-likeness (QED) is 0.782. The maximum absolute atomic E-state index is 12.4. The fourth-order valence-corrected chi connectivity index (χ4v) is 3.07. The third kappa shape index (κ3) is 2.28. The Morgan fingerprint density at radius 2 is 1.85 bits per heavy atom. The zero-order valence-corrected chi connectivity index (χ0v) is 12.3. The molecule has 0 spiro atoms. The van der Waals surface area contributed by atoms with E-state index in [-0.39, 0.29) is 11.2 Å². The van der Waals surface area contributed by atoms with Crippen molar-refractivity contribution in [3.8, 4) is 0 Å². The Hall–Kier alpha value is -1.90. The van der Waals surface area contributed by atoms with Crippen molar-refractivity contribution in [2.75, 3.05) is 7.05 Å². The van der Waals surface area contributed by atoms with Gasteiger partial charge in [-0.15, -0.1) is 0 Å². The van der Waals surface area contributed by atoms with Crippen LogP contribution in [-0.4, -0.2) is 23.6 Å². The van der Waals surface area contributed by atoms with E-state index in [0.717, 1.165) is 29.0 Å². The summed E-state index contributed by atoms with van der Waals surface area (Å²) in [7, 11) is 1.95. The van der Waals surface area contributed by atoms with Crippen molar-refractivity contribution in [1.29, 1.82) is 0 Å². The minimum Gasteiger partial charge on any atom is -0.294 e. The molecule has 1 aromatic rings. The van der Waals surface area contributed by atoms with Crippen molar-refractivity contribution in [1.82, 2.24) is 5.01 Å². The fourth-order valence-electron chi connectivity index (χ4n) is 3.07. The van der Waals surface area contributed by atoms with E-state index in [1.807, 2.05) is 30.3 Å². The second-order valence-electron chi connectivity index (χ2n) is 6.48. The first-order valence-corrected chi connectivity index (χ1v) is 7.08. The van der Waals surface area contributed by atoms with E-state index in [4.69, 9.17) is 0 Å². The van der Waals surface area contributed by atoms with Crippen LogP contribution in [0, 0.1) is 5.41 Å². The first-order valence-electron chi connectivity index (χ1n) is 7.08. The zero-order chi connectivity index (χ0) is 14.3. The molecule has 3 rings (SSSR count). The summed E-state index contributed by atoms with van der Waals surface area (Å²) >= 11 is 0. The second-order valence-corrected chi connectivity index (χ2v) is 6.48. The molecule has 1 aliphatic heterocycles. The van der Waals surface area contributed by atoms with Gasteiger partial charge in [-0.25, -0.2) is 0 Å². The van der Waals surface area contributed by atoms with Gasteiger partial charge in [0, 0.05) is 31.2 Å². The Kier molecular flexibility index (Phi) is 3.00. The molecule has 0 bridgehead atoms. The molecule has 0 fully saturated rings. The molecule has 104 valence electrons. The number of hydrogen-bond acceptors (Lipinski definition) is 3.